The van der Waals surface area contributed by atoms with Crippen molar-refractivity contribution in [3.05, 3.63) is 200 Å². The second-order valence-electron chi connectivity index (χ2n) is 19.2. The Morgan fingerprint density at radius 2 is 0.778 bits per heavy atom. The molecule has 0 fully saturated rings. The van der Waals surface area contributed by atoms with Crippen molar-refractivity contribution in [1.82, 2.24) is 0 Å². The van der Waals surface area contributed by atoms with E-state index in [1.807, 2.05) is 23.5 Å². The molecule has 0 aliphatic carbocycles. The van der Waals surface area contributed by atoms with E-state index in [2.05, 4.69) is 251 Å². The maximum atomic E-state index is 7.30. The van der Waals surface area contributed by atoms with E-state index >= 15 is 0 Å². The second kappa shape index (κ2) is 19.4. The highest BCUT2D eigenvalue weighted by Gasteiger charge is 2.45. The largest absolute Gasteiger partial charge is 0.458 e. The third-order valence-corrected chi connectivity index (χ3v) is 18.3. The van der Waals surface area contributed by atoms with Crippen molar-refractivity contribution in [2.45, 2.75) is 72.0 Å². The number of hydrogen-bond acceptors (Lipinski definition) is 6. The van der Waals surface area contributed by atoms with E-state index in [0.29, 0.717) is 0 Å². The molecule has 350 valence electrons. The van der Waals surface area contributed by atoms with Crippen LogP contribution < -0.4 is 52.1 Å². The maximum Gasteiger partial charge on any atom is 0.253 e. The zero-order valence-corrected chi connectivity index (χ0v) is 45.9. The zero-order chi connectivity index (χ0) is 48.5. The Bertz CT molecular complexity index is 3330. The van der Waals surface area contributed by atoms with Gasteiger partial charge in [-0.15, -0.1) is 0 Å². The predicted molar refractivity (Wildman–Crippen MR) is 322 cm³/mol. The fourth-order valence-corrected chi connectivity index (χ4v) is 14.2. The highest BCUT2D eigenvalue weighted by atomic mass is 127. The second-order valence-corrected chi connectivity index (χ2v) is 23.8. The number of benzene rings is 9. The Hall–Kier alpha value is -5.53. The lowest BCUT2D eigenvalue weighted by Gasteiger charge is -2.38. The molecular weight excluding hydrogens is 1140 g/mol. The van der Waals surface area contributed by atoms with Crippen LogP contribution in [0.4, 0.5) is 34.1 Å². The predicted octanol–water partition coefficient (Wildman–Crippen LogP) is 14.7. The Labute approximate surface area is 459 Å². The maximum absolute atomic E-state index is 7.30. The van der Waals surface area contributed by atoms with Crippen LogP contribution >= 0.6 is 68.7 Å². The minimum atomic E-state index is -0.0209. The number of halogens is 2. The Balaban J connectivity index is 0.956. The Morgan fingerprint density at radius 1 is 0.389 bits per heavy atom. The van der Waals surface area contributed by atoms with Crippen LogP contribution in [0.15, 0.2) is 202 Å². The minimum absolute atomic E-state index is 0.0209. The molecule has 4 aliphatic heterocycles. The average molecular weight is 1190 g/mol. The van der Waals surface area contributed by atoms with Gasteiger partial charge in [0.15, 0.2) is 0 Å². The van der Waals surface area contributed by atoms with Gasteiger partial charge in [-0.05, 0) is 201 Å². The van der Waals surface area contributed by atoms with Gasteiger partial charge in [0.25, 0.3) is 13.4 Å². The quantitative estimate of drug-likeness (QED) is 0.0893. The minimum Gasteiger partial charge on any atom is -0.458 e. The smallest absolute Gasteiger partial charge is 0.253 e. The molecule has 10 heteroatoms. The van der Waals surface area contributed by atoms with Gasteiger partial charge in [0, 0.05) is 67.7 Å². The average Bonchev–Trinajstić information content (AvgIpc) is 3.41. The van der Waals surface area contributed by atoms with Gasteiger partial charge in [-0.25, -0.2) is 0 Å². The van der Waals surface area contributed by atoms with Gasteiger partial charge in [-0.1, -0.05) is 128 Å². The lowest BCUT2D eigenvalue weighted by molar-refractivity contribution is 0.464. The summed E-state index contributed by atoms with van der Waals surface area (Å²) in [5.74, 6) is 3.43. The lowest BCUT2D eigenvalue weighted by Crippen LogP contribution is -2.61. The van der Waals surface area contributed by atoms with Crippen molar-refractivity contribution in [2.75, 3.05) is 9.80 Å². The summed E-state index contributed by atoms with van der Waals surface area (Å²) in [6, 6.07) is 67.8. The molecule has 0 atom stereocenters. The number of anilines is 6. The summed E-state index contributed by atoms with van der Waals surface area (Å²) in [7, 11) is 0. The summed E-state index contributed by atoms with van der Waals surface area (Å²) >= 11 is 8.50. The number of nitrogens with zero attached hydrogens (tertiary/aromatic N) is 2. The molecule has 0 saturated heterocycles. The van der Waals surface area contributed by atoms with E-state index < -0.39 is 0 Å². The fourth-order valence-electron chi connectivity index (χ4n) is 11.1. The van der Waals surface area contributed by atoms with E-state index in [4.69, 9.17) is 9.47 Å². The first-order valence-electron chi connectivity index (χ1n) is 25.1. The van der Waals surface area contributed by atoms with Crippen LogP contribution in [-0.2, 0) is 12.8 Å². The van der Waals surface area contributed by atoms with Crippen LogP contribution in [0.3, 0.4) is 0 Å². The van der Waals surface area contributed by atoms with E-state index in [9.17, 15) is 0 Å². The first-order valence-corrected chi connectivity index (χ1v) is 28.9. The number of fused-ring (bicyclic) bond motifs is 8. The van der Waals surface area contributed by atoms with Gasteiger partial charge < -0.3 is 19.3 Å². The molecule has 4 nitrogen and oxygen atoms in total. The van der Waals surface area contributed by atoms with Crippen molar-refractivity contribution >= 4 is 149 Å². The molecule has 4 heterocycles. The molecule has 13 rings (SSSR count). The molecule has 72 heavy (non-hydrogen) atoms. The Kier molecular flexibility index (Phi) is 12.5. The van der Waals surface area contributed by atoms with Gasteiger partial charge in [-0.2, -0.15) is 0 Å². The molecule has 0 N–H and O–H groups in total. The van der Waals surface area contributed by atoms with Gasteiger partial charge in [0.1, 0.15) is 23.0 Å². The molecular formula is C62H48B2I2N2O2S2. The molecule has 4 aliphatic rings. The first-order chi connectivity index (χ1) is 35.4. The summed E-state index contributed by atoms with van der Waals surface area (Å²) in [5, 5.41) is 0. The SMILES string of the molecule is CCCCc1ccc(N(c2ccc(I)cc2)c2cc3c4c(c2)Sc2ccccc2B4c2cc4c(cc2O3)Oc2cc(N(c3ccc(I)cc3)c3ccc(CCCC)cc3)cc3c2B4c2ccccc2S3)cc1. The highest BCUT2D eigenvalue weighted by molar-refractivity contribution is 14.1. The van der Waals surface area contributed by atoms with Crippen LogP contribution in [0.5, 0.6) is 23.0 Å². The van der Waals surface area contributed by atoms with E-state index in [-0.39, 0.29) is 13.4 Å². The molecule has 0 amide bonds. The van der Waals surface area contributed by atoms with Gasteiger partial charge >= 0.3 is 0 Å². The molecule has 0 aromatic heterocycles. The molecule has 0 bridgehead atoms. The molecule has 0 spiro atoms. The summed E-state index contributed by atoms with van der Waals surface area (Å²) < 4.78 is 17.0. The third kappa shape index (κ3) is 8.34. The van der Waals surface area contributed by atoms with Crippen LogP contribution in [0, 0.1) is 7.14 Å². The van der Waals surface area contributed by atoms with E-state index in [1.54, 1.807) is 0 Å². The topological polar surface area (TPSA) is 24.9 Å². The molecule has 0 saturated carbocycles. The van der Waals surface area contributed by atoms with E-state index in [0.717, 1.165) is 70.0 Å². The first kappa shape index (κ1) is 46.3. The monoisotopic (exact) mass is 1190 g/mol. The molecule has 0 unspecified atom stereocenters. The van der Waals surface area contributed by atoms with Gasteiger partial charge in [0.2, 0.25) is 0 Å². The molecule has 9 aromatic carbocycles. The fraction of sp³-hybridized carbons (Fsp3) is 0.129. The summed E-state index contributed by atoms with van der Waals surface area (Å²) in [6.45, 7) is 4.47. The number of rotatable bonds is 12. The van der Waals surface area contributed by atoms with Crippen molar-refractivity contribution < 1.29 is 9.47 Å². The zero-order valence-electron chi connectivity index (χ0n) is 40.0. The molecule has 0 radical (unpaired) electrons. The summed E-state index contributed by atoms with van der Waals surface area (Å²) in [5.41, 5.74) is 16.7. The number of unbranched alkanes of at least 4 members (excludes halogenated alkanes) is 2. The van der Waals surface area contributed by atoms with Crippen LogP contribution in [0.1, 0.15) is 50.7 Å². The van der Waals surface area contributed by atoms with Crippen molar-refractivity contribution in [2.24, 2.45) is 0 Å². The lowest BCUT2D eigenvalue weighted by atomic mass is 9.32. The summed E-state index contributed by atoms with van der Waals surface area (Å²) in [4.78, 5) is 9.74. The Morgan fingerprint density at radius 3 is 1.18 bits per heavy atom. The van der Waals surface area contributed by atoms with Crippen LogP contribution in [-0.4, -0.2) is 13.4 Å². The third-order valence-electron chi connectivity index (χ3n) is 14.6. The molecule has 9 aromatic rings. The van der Waals surface area contributed by atoms with Crippen molar-refractivity contribution in [3.63, 3.8) is 0 Å². The van der Waals surface area contributed by atoms with Crippen molar-refractivity contribution in [3.8, 4) is 23.0 Å². The van der Waals surface area contributed by atoms with Gasteiger partial charge in [0.05, 0.1) is 11.4 Å². The highest BCUT2D eigenvalue weighted by Crippen LogP contribution is 2.47. The number of aryl methyl sites for hydroxylation is 2. The van der Waals surface area contributed by atoms with Crippen molar-refractivity contribution in [1.29, 1.82) is 0 Å². The number of hydrogen-bond donors (Lipinski definition) is 0. The normalized spacial score (nSPS) is 13.1. The number of ether oxygens (including phenoxy) is 2. The summed E-state index contributed by atoms with van der Waals surface area (Å²) in [6.07, 6.45) is 6.90. The standard InChI is InChI=1S/C62H48B2I2N2O2S2/c1-3-5-11-39-17-25-43(26-18-39)67(45-29-21-41(65)22-30-45)47-33-55-61-59(35-47)71-57-15-9-7-13-49(57)63(61)51-37-52-54(38-53(51)69-55)70-56-34-48(36-60-62(56)64(52)50-14-8-10-16-58(50)72-60)68(46-31-23-42(66)24-32-46)44-27-19-40(20-28-44)12-6-4-2/h7-10,13-38H,3-6,11-12H2,1-2H3. The van der Waals surface area contributed by atoms with Crippen LogP contribution in [0.2, 0.25) is 0 Å². The van der Waals surface area contributed by atoms with Crippen LogP contribution in [0.25, 0.3) is 0 Å². The van der Waals surface area contributed by atoms with Gasteiger partial charge in [-0.3, -0.25) is 0 Å². The van der Waals surface area contributed by atoms with E-state index in [1.165, 1.54) is 96.3 Å².